The second kappa shape index (κ2) is 8.69. The smallest absolute Gasteiger partial charge is 0.258 e. The Hall–Kier alpha value is -3.68. The van der Waals surface area contributed by atoms with Crippen LogP contribution in [0.4, 0.5) is 11.4 Å². The minimum Gasteiger partial charge on any atom is -0.322 e. The summed E-state index contributed by atoms with van der Waals surface area (Å²) in [5.41, 5.74) is 2.95. The van der Waals surface area contributed by atoms with E-state index in [-0.39, 0.29) is 17.4 Å². The molecule has 9 heteroatoms. The second-order valence-electron chi connectivity index (χ2n) is 7.47. The number of amides is 2. The van der Waals surface area contributed by atoms with Crippen LogP contribution in [0.2, 0.25) is 10.0 Å². The van der Waals surface area contributed by atoms with Gasteiger partial charge in [-0.25, -0.2) is 0 Å². The van der Waals surface area contributed by atoms with Gasteiger partial charge in [-0.1, -0.05) is 35.3 Å². The number of nitrogens with zero attached hydrogens (tertiary/aromatic N) is 4. The topological polar surface area (TPSA) is 80.1 Å². The Balaban J connectivity index is 1.37. The normalized spacial score (nSPS) is 12.5. The third-order valence-electron chi connectivity index (χ3n) is 5.42. The first-order chi connectivity index (χ1) is 16.0. The molecule has 1 aromatic heterocycles. The molecule has 0 aliphatic carbocycles. The lowest BCUT2D eigenvalue weighted by molar-refractivity contribution is 0.0986. The van der Waals surface area contributed by atoms with E-state index in [1.165, 1.54) is 6.07 Å². The lowest BCUT2D eigenvalue weighted by Gasteiger charge is -2.23. The standard InChI is InChI=1S/C24H17Cl2N5O2/c25-16-7-10-19(26)18(13-16)23(32)28-17-8-5-15(6-9-17)24(33)30-12-11-22-29-27-14-31(22)21-4-2-1-3-20(21)30/h1-10,13-14H,11-12H2,(H,28,32). The van der Waals surface area contributed by atoms with E-state index >= 15 is 0 Å². The number of hydrogen-bond donors (Lipinski definition) is 1. The number of anilines is 2. The lowest BCUT2D eigenvalue weighted by atomic mass is 10.1. The minimum atomic E-state index is -0.383. The van der Waals surface area contributed by atoms with E-state index in [9.17, 15) is 9.59 Å². The number of rotatable bonds is 3. The van der Waals surface area contributed by atoms with E-state index < -0.39 is 0 Å². The van der Waals surface area contributed by atoms with Gasteiger partial charge < -0.3 is 10.2 Å². The van der Waals surface area contributed by atoms with Crippen molar-refractivity contribution in [2.45, 2.75) is 6.42 Å². The van der Waals surface area contributed by atoms with Gasteiger partial charge in [-0.05, 0) is 54.6 Å². The van der Waals surface area contributed by atoms with Gasteiger partial charge in [-0.3, -0.25) is 14.2 Å². The van der Waals surface area contributed by atoms with Gasteiger partial charge in [0.25, 0.3) is 11.8 Å². The summed E-state index contributed by atoms with van der Waals surface area (Å²) in [5, 5.41) is 11.7. The number of hydrogen-bond acceptors (Lipinski definition) is 4. The molecule has 164 valence electrons. The lowest BCUT2D eigenvalue weighted by Crippen LogP contribution is -2.32. The van der Waals surface area contributed by atoms with Gasteiger partial charge in [-0.2, -0.15) is 0 Å². The third-order valence-corrected chi connectivity index (χ3v) is 5.98. The summed E-state index contributed by atoms with van der Waals surface area (Å²) in [6.07, 6.45) is 2.24. The van der Waals surface area contributed by atoms with Crippen molar-refractivity contribution in [3.63, 3.8) is 0 Å². The van der Waals surface area contributed by atoms with Crippen molar-refractivity contribution < 1.29 is 9.59 Å². The fourth-order valence-corrected chi connectivity index (χ4v) is 4.17. The summed E-state index contributed by atoms with van der Waals surface area (Å²) in [6, 6.07) is 19.1. The zero-order valence-electron chi connectivity index (χ0n) is 17.2. The summed E-state index contributed by atoms with van der Waals surface area (Å²) < 4.78 is 1.90. The van der Waals surface area contributed by atoms with Gasteiger partial charge in [0.1, 0.15) is 12.2 Å². The summed E-state index contributed by atoms with van der Waals surface area (Å²) in [7, 11) is 0. The molecule has 0 spiro atoms. The van der Waals surface area contributed by atoms with Crippen molar-refractivity contribution in [2.24, 2.45) is 0 Å². The Morgan fingerprint density at radius 3 is 2.48 bits per heavy atom. The highest BCUT2D eigenvalue weighted by Crippen LogP contribution is 2.30. The molecule has 2 heterocycles. The monoisotopic (exact) mass is 477 g/mol. The molecule has 1 aliphatic heterocycles. The molecular weight excluding hydrogens is 461 g/mol. The molecule has 4 aromatic rings. The molecule has 1 aliphatic rings. The maximum Gasteiger partial charge on any atom is 0.258 e. The molecule has 0 saturated heterocycles. The Kier molecular flexibility index (Phi) is 5.58. The van der Waals surface area contributed by atoms with Crippen molar-refractivity contribution in [3.8, 4) is 5.69 Å². The van der Waals surface area contributed by atoms with Crippen LogP contribution in [0.15, 0.2) is 73.1 Å². The largest absolute Gasteiger partial charge is 0.322 e. The van der Waals surface area contributed by atoms with Crippen molar-refractivity contribution >= 4 is 46.4 Å². The molecule has 0 bridgehead atoms. The number of carbonyl (C=O) groups is 2. The van der Waals surface area contributed by atoms with Crippen LogP contribution in [0.5, 0.6) is 0 Å². The first-order valence-electron chi connectivity index (χ1n) is 10.2. The average Bonchev–Trinajstić information content (AvgIpc) is 3.24. The van der Waals surface area contributed by atoms with Gasteiger partial charge in [0.2, 0.25) is 0 Å². The highest BCUT2D eigenvalue weighted by atomic mass is 35.5. The maximum atomic E-state index is 13.4. The molecule has 3 aromatic carbocycles. The van der Waals surface area contributed by atoms with Crippen molar-refractivity contribution in [1.82, 2.24) is 14.8 Å². The molecule has 0 radical (unpaired) electrons. The number of nitrogens with one attached hydrogen (secondary N) is 1. The molecule has 0 unspecified atom stereocenters. The Morgan fingerprint density at radius 1 is 0.939 bits per heavy atom. The van der Waals surface area contributed by atoms with Gasteiger partial charge >= 0.3 is 0 Å². The van der Waals surface area contributed by atoms with E-state index in [1.54, 1.807) is 47.6 Å². The molecule has 2 amide bonds. The second-order valence-corrected chi connectivity index (χ2v) is 8.31. The third kappa shape index (κ3) is 4.08. The minimum absolute atomic E-state index is 0.142. The summed E-state index contributed by atoms with van der Waals surface area (Å²) in [6.45, 7) is 0.473. The molecule has 0 fully saturated rings. The Bertz CT molecular complexity index is 1370. The summed E-state index contributed by atoms with van der Waals surface area (Å²) in [5.74, 6) is 0.276. The number of benzene rings is 3. The average molecular weight is 478 g/mol. The SMILES string of the molecule is O=C(Nc1ccc(C(=O)N2CCc3nncn3-c3ccccc32)cc1)c1cc(Cl)ccc1Cl. The molecule has 7 nitrogen and oxygen atoms in total. The van der Waals surface area contributed by atoms with E-state index in [0.717, 1.165) is 17.2 Å². The van der Waals surface area contributed by atoms with Crippen LogP contribution in [-0.2, 0) is 6.42 Å². The van der Waals surface area contributed by atoms with E-state index in [1.807, 2.05) is 28.8 Å². The van der Waals surface area contributed by atoms with Crippen LogP contribution in [0, 0.1) is 0 Å². The molecule has 0 saturated carbocycles. The molecule has 0 atom stereocenters. The quantitative estimate of drug-likeness (QED) is 0.448. The molecule has 1 N–H and O–H groups in total. The van der Waals surface area contributed by atoms with Gasteiger partial charge in [-0.15, -0.1) is 10.2 Å². The maximum absolute atomic E-state index is 13.4. The van der Waals surface area contributed by atoms with Crippen LogP contribution in [0.1, 0.15) is 26.5 Å². The molecule has 5 rings (SSSR count). The highest BCUT2D eigenvalue weighted by molar-refractivity contribution is 6.36. The summed E-state index contributed by atoms with van der Waals surface area (Å²) >= 11 is 12.1. The van der Waals surface area contributed by atoms with Gasteiger partial charge in [0.05, 0.1) is 22.0 Å². The number of aromatic nitrogens is 3. The number of fused-ring (bicyclic) bond motifs is 3. The fraction of sp³-hybridized carbons (Fsp3) is 0.0833. The van der Waals surface area contributed by atoms with E-state index in [4.69, 9.17) is 23.2 Å². The van der Waals surface area contributed by atoms with Crippen LogP contribution in [-0.4, -0.2) is 33.1 Å². The number of para-hydroxylation sites is 2. The fourth-order valence-electron chi connectivity index (χ4n) is 3.79. The first-order valence-corrected chi connectivity index (χ1v) is 10.9. The van der Waals surface area contributed by atoms with Gasteiger partial charge in [0.15, 0.2) is 0 Å². The van der Waals surface area contributed by atoms with Crippen LogP contribution in [0.25, 0.3) is 5.69 Å². The Labute approximate surface area is 199 Å². The first kappa shape index (κ1) is 21.2. The Morgan fingerprint density at radius 2 is 1.70 bits per heavy atom. The number of halogens is 2. The van der Waals surface area contributed by atoms with Crippen LogP contribution in [0.3, 0.4) is 0 Å². The highest BCUT2D eigenvalue weighted by Gasteiger charge is 2.25. The predicted molar refractivity (Wildman–Crippen MR) is 128 cm³/mol. The van der Waals surface area contributed by atoms with Crippen molar-refractivity contribution in [3.05, 3.63) is 100 Å². The van der Waals surface area contributed by atoms with Crippen LogP contribution >= 0.6 is 23.2 Å². The van der Waals surface area contributed by atoms with Gasteiger partial charge in [0, 0.05) is 29.2 Å². The zero-order chi connectivity index (χ0) is 22.9. The van der Waals surface area contributed by atoms with Crippen molar-refractivity contribution in [2.75, 3.05) is 16.8 Å². The predicted octanol–water partition coefficient (Wildman–Crippen LogP) is 5.03. The van der Waals surface area contributed by atoms with Crippen LogP contribution < -0.4 is 10.2 Å². The molecule has 33 heavy (non-hydrogen) atoms. The van der Waals surface area contributed by atoms with E-state index in [0.29, 0.717) is 34.3 Å². The number of carbonyl (C=O) groups excluding carboxylic acids is 2. The van der Waals surface area contributed by atoms with Crippen molar-refractivity contribution in [1.29, 1.82) is 0 Å². The van der Waals surface area contributed by atoms with E-state index in [2.05, 4.69) is 15.5 Å². The summed E-state index contributed by atoms with van der Waals surface area (Å²) in [4.78, 5) is 27.7. The zero-order valence-corrected chi connectivity index (χ0v) is 18.7. The molecular formula is C24H17Cl2N5O2.